The molecule has 0 saturated carbocycles. The van der Waals surface area contributed by atoms with Gasteiger partial charge in [-0.2, -0.15) is 0 Å². The van der Waals surface area contributed by atoms with Crippen LogP contribution >= 0.6 is 0 Å². The SMILES string of the molecule is CCCC(CC)S(=O)(=O)N(C)CCC(=O)O. The molecule has 0 radical (unpaired) electrons. The standard InChI is InChI=1S/C10H21NO4S/c1-4-6-9(5-2)16(14,15)11(3)8-7-10(12)13/h9H,4-8H2,1-3H3,(H,12,13). The van der Waals surface area contributed by atoms with E-state index in [4.69, 9.17) is 5.11 Å². The van der Waals surface area contributed by atoms with Crippen molar-refractivity contribution >= 4 is 16.0 Å². The zero-order chi connectivity index (χ0) is 12.8. The van der Waals surface area contributed by atoms with E-state index in [1.807, 2.05) is 13.8 Å². The van der Waals surface area contributed by atoms with Crippen molar-refractivity contribution in [3.8, 4) is 0 Å². The highest BCUT2D eigenvalue weighted by Gasteiger charge is 2.27. The molecule has 0 amide bonds. The zero-order valence-electron chi connectivity index (χ0n) is 10.1. The third-order valence-corrected chi connectivity index (χ3v) is 5.03. The van der Waals surface area contributed by atoms with Crippen molar-refractivity contribution in [2.24, 2.45) is 0 Å². The second-order valence-corrected chi connectivity index (χ2v) is 6.15. The summed E-state index contributed by atoms with van der Waals surface area (Å²) in [7, 11) is -1.90. The molecule has 0 aromatic rings. The Kier molecular flexibility index (Phi) is 6.59. The van der Waals surface area contributed by atoms with Crippen LogP contribution in [-0.2, 0) is 14.8 Å². The third kappa shape index (κ3) is 4.49. The Bertz CT molecular complexity index is 313. The summed E-state index contributed by atoms with van der Waals surface area (Å²) < 4.78 is 25.2. The third-order valence-electron chi connectivity index (χ3n) is 2.56. The number of rotatable bonds is 8. The molecule has 6 heteroatoms. The minimum atomic E-state index is -3.34. The first-order valence-electron chi connectivity index (χ1n) is 5.53. The molecule has 0 saturated heterocycles. The van der Waals surface area contributed by atoms with Gasteiger partial charge in [0.1, 0.15) is 0 Å². The number of carbonyl (C=O) groups is 1. The first-order valence-corrected chi connectivity index (χ1v) is 7.03. The van der Waals surface area contributed by atoms with Gasteiger partial charge in [0.15, 0.2) is 0 Å². The molecule has 0 aliphatic heterocycles. The first-order chi connectivity index (χ1) is 7.36. The van der Waals surface area contributed by atoms with Gasteiger partial charge in [0.2, 0.25) is 10.0 Å². The number of sulfonamides is 1. The van der Waals surface area contributed by atoms with Gasteiger partial charge in [0.25, 0.3) is 0 Å². The second-order valence-electron chi connectivity index (χ2n) is 3.83. The second kappa shape index (κ2) is 6.85. The maximum atomic E-state index is 12.0. The van der Waals surface area contributed by atoms with E-state index in [9.17, 15) is 13.2 Å². The van der Waals surface area contributed by atoms with Gasteiger partial charge in [-0.25, -0.2) is 12.7 Å². The van der Waals surface area contributed by atoms with Crippen molar-refractivity contribution in [3.63, 3.8) is 0 Å². The lowest BCUT2D eigenvalue weighted by Gasteiger charge is -2.22. The Hall–Kier alpha value is -0.620. The summed E-state index contributed by atoms with van der Waals surface area (Å²) in [5.41, 5.74) is 0. The highest BCUT2D eigenvalue weighted by atomic mass is 32.2. The Labute approximate surface area is 97.5 Å². The summed E-state index contributed by atoms with van der Waals surface area (Å²) >= 11 is 0. The Balaban J connectivity index is 4.55. The lowest BCUT2D eigenvalue weighted by molar-refractivity contribution is -0.137. The zero-order valence-corrected chi connectivity index (χ0v) is 11.0. The summed E-state index contributed by atoms with van der Waals surface area (Å²) in [4.78, 5) is 10.4. The van der Waals surface area contributed by atoms with Crippen LogP contribution < -0.4 is 0 Å². The molecule has 1 N–H and O–H groups in total. The molecule has 0 heterocycles. The quantitative estimate of drug-likeness (QED) is 0.705. The molecule has 0 spiro atoms. The van der Waals surface area contributed by atoms with Crippen molar-refractivity contribution < 1.29 is 18.3 Å². The van der Waals surface area contributed by atoms with Crippen LogP contribution in [-0.4, -0.2) is 42.6 Å². The largest absolute Gasteiger partial charge is 0.481 e. The molecule has 1 unspecified atom stereocenters. The predicted molar refractivity (Wildman–Crippen MR) is 62.8 cm³/mol. The van der Waals surface area contributed by atoms with Crippen LogP contribution in [0.3, 0.4) is 0 Å². The monoisotopic (exact) mass is 251 g/mol. The fraction of sp³-hybridized carbons (Fsp3) is 0.900. The average Bonchev–Trinajstić information content (AvgIpc) is 2.21. The lowest BCUT2D eigenvalue weighted by atomic mass is 10.2. The van der Waals surface area contributed by atoms with Gasteiger partial charge in [-0.3, -0.25) is 4.79 Å². The number of aliphatic carboxylic acids is 1. The highest BCUT2D eigenvalue weighted by Crippen LogP contribution is 2.16. The summed E-state index contributed by atoms with van der Waals surface area (Å²) in [6.45, 7) is 3.82. The molecule has 0 fully saturated rings. The van der Waals surface area contributed by atoms with Gasteiger partial charge in [-0.1, -0.05) is 20.3 Å². The van der Waals surface area contributed by atoms with Gasteiger partial charge in [0.05, 0.1) is 11.7 Å². The smallest absolute Gasteiger partial charge is 0.304 e. The Morgan fingerprint density at radius 3 is 2.31 bits per heavy atom. The molecular formula is C10H21NO4S. The van der Waals surface area contributed by atoms with E-state index in [0.29, 0.717) is 12.8 Å². The molecule has 96 valence electrons. The van der Waals surface area contributed by atoms with Gasteiger partial charge in [-0.15, -0.1) is 0 Å². The van der Waals surface area contributed by atoms with E-state index in [1.165, 1.54) is 7.05 Å². The molecule has 0 rings (SSSR count). The molecular weight excluding hydrogens is 230 g/mol. The fourth-order valence-electron chi connectivity index (χ4n) is 1.52. The summed E-state index contributed by atoms with van der Waals surface area (Å²) in [6.07, 6.45) is 1.84. The number of nitrogens with zero attached hydrogens (tertiary/aromatic N) is 1. The molecule has 0 bridgehead atoms. The van der Waals surface area contributed by atoms with Crippen LogP contribution in [0.1, 0.15) is 39.5 Å². The van der Waals surface area contributed by atoms with Gasteiger partial charge in [0, 0.05) is 13.6 Å². The molecule has 0 aromatic carbocycles. The maximum Gasteiger partial charge on any atom is 0.304 e. The van der Waals surface area contributed by atoms with Crippen LogP contribution in [0.25, 0.3) is 0 Å². The van der Waals surface area contributed by atoms with Crippen LogP contribution in [0, 0.1) is 0 Å². The van der Waals surface area contributed by atoms with Crippen molar-refractivity contribution in [1.82, 2.24) is 4.31 Å². The average molecular weight is 251 g/mol. The Morgan fingerprint density at radius 1 is 1.38 bits per heavy atom. The predicted octanol–water partition coefficient (Wildman–Crippen LogP) is 1.30. The molecule has 16 heavy (non-hydrogen) atoms. The molecule has 5 nitrogen and oxygen atoms in total. The molecule has 0 aliphatic rings. The molecule has 1 atom stereocenters. The summed E-state index contributed by atoms with van der Waals surface area (Å²) in [5, 5.41) is 8.11. The Morgan fingerprint density at radius 2 is 1.94 bits per heavy atom. The molecule has 0 aliphatic carbocycles. The van der Waals surface area contributed by atoms with E-state index >= 15 is 0 Å². The minimum absolute atomic E-state index is 0.0396. The van der Waals surface area contributed by atoms with E-state index in [1.54, 1.807) is 0 Å². The van der Waals surface area contributed by atoms with E-state index in [2.05, 4.69) is 0 Å². The van der Waals surface area contributed by atoms with Crippen LogP contribution in [0.4, 0.5) is 0 Å². The van der Waals surface area contributed by atoms with E-state index in [-0.39, 0.29) is 13.0 Å². The van der Waals surface area contributed by atoms with Crippen molar-refractivity contribution in [2.45, 2.75) is 44.8 Å². The van der Waals surface area contributed by atoms with Crippen LogP contribution in [0.5, 0.6) is 0 Å². The number of carboxylic acids is 1. The van der Waals surface area contributed by atoms with Gasteiger partial charge < -0.3 is 5.11 Å². The van der Waals surface area contributed by atoms with Gasteiger partial charge >= 0.3 is 5.97 Å². The first kappa shape index (κ1) is 15.4. The minimum Gasteiger partial charge on any atom is -0.481 e. The molecule has 0 aromatic heterocycles. The van der Waals surface area contributed by atoms with Crippen molar-refractivity contribution in [3.05, 3.63) is 0 Å². The van der Waals surface area contributed by atoms with E-state index in [0.717, 1.165) is 10.7 Å². The van der Waals surface area contributed by atoms with Crippen molar-refractivity contribution in [2.75, 3.05) is 13.6 Å². The van der Waals surface area contributed by atoms with Gasteiger partial charge in [-0.05, 0) is 12.8 Å². The fourth-order valence-corrected chi connectivity index (χ4v) is 3.33. The maximum absolute atomic E-state index is 12.0. The van der Waals surface area contributed by atoms with E-state index < -0.39 is 21.2 Å². The summed E-state index contributed by atoms with van der Waals surface area (Å²) in [5.74, 6) is -0.981. The van der Waals surface area contributed by atoms with Crippen LogP contribution in [0.15, 0.2) is 0 Å². The number of hydrogen-bond acceptors (Lipinski definition) is 3. The summed E-state index contributed by atoms with van der Waals surface area (Å²) in [6, 6.07) is 0. The van der Waals surface area contributed by atoms with Crippen LogP contribution in [0.2, 0.25) is 0 Å². The topological polar surface area (TPSA) is 74.7 Å². The number of hydrogen-bond donors (Lipinski definition) is 1. The van der Waals surface area contributed by atoms with Crippen molar-refractivity contribution in [1.29, 1.82) is 0 Å². The lowest BCUT2D eigenvalue weighted by Crippen LogP contribution is -2.37. The number of carboxylic acid groups (broad SMARTS) is 1. The highest BCUT2D eigenvalue weighted by molar-refractivity contribution is 7.89. The normalized spacial score (nSPS) is 14.0.